The van der Waals surface area contributed by atoms with Crippen LogP contribution in [-0.4, -0.2) is 59.5 Å². The molecule has 3 heterocycles. The van der Waals surface area contributed by atoms with Gasteiger partial charge in [0.15, 0.2) is 0 Å². The summed E-state index contributed by atoms with van der Waals surface area (Å²) in [6, 6.07) is 5.68. The summed E-state index contributed by atoms with van der Waals surface area (Å²) in [7, 11) is 1.77. The molecule has 36 heavy (non-hydrogen) atoms. The lowest BCUT2D eigenvalue weighted by molar-refractivity contribution is -0.110. The van der Waals surface area contributed by atoms with E-state index in [2.05, 4.69) is 46.3 Å². The van der Waals surface area contributed by atoms with E-state index < -0.39 is 0 Å². The number of pyridine rings is 2. The van der Waals surface area contributed by atoms with Crippen LogP contribution in [0.1, 0.15) is 39.7 Å². The maximum Gasteiger partial charge on any atom is 0.132 e. The molecule has 9 nitrogen and oxygen atoms in total. The van der Waals surface area contributed by atoms with Gasteiger partial charge < -0.3 is 32.2 Å². The van der Waals surface area contributed by atoms with E-state index in [9.17, 15) is 0 Å². The standard InChI is InChI=1S/C27H40N8O/c1-18(2)20(13-28)12-25(30)34-26-8-7-23-24(33-26)11-21(14-32-23)22(19(3)29)15-31-9-6-10-35-16-27(4,17-35)36-5/h7-8,11-15,18,29,31H,6,9-10,16-17,28,30H2,1-5H3,(H,33,34)/b20-13+,22-15+,25-12+,29-19?. The average molecular weight is 493 g/mol. The Hall–Kier alpha value is -3.43. The zero-order chi connectivity index (χ0) is 26.3. The Morgan fingerprint density at radius 2 is 2.06 bits per heavy atom. The maximum atomic E-state index is 8.27. The molecule has 1 saturated heterocycles. The molecule has 0 unspecified atom stereocenters. The summed E-state index contributed by atoms with van der Waals surface area (Å²) in [6.07, 6.45) is 8.07. The second-order valence-corrected chi connectivity index (χ2v) is 9.86. The second kappa shape index (κ2) is 12.0. The molecule has 1 fully saturated rings. The van der Waals surface area contributed by atoms with Gasteiger partial charge in [0.25, 0.3) is 0 Å². The topological polar surface area (TPSA) is 138 Å². The van der Waals surface area contributed by atoms with E-state index in [0.29, 0.717) is 17.4 Å². The lowest BCUT2D eigenvalue weighted by Gasteiger charge is -2.47. The Labute approximate surface area is 214 Å². The lowest BCUT2D eigenvalue weighted by Crippen LogP contribution is -2.61. The number of methoxy groups -OCH3 is 1. The van der Waals surface area contributed by atoms with Crippen molar-refractivity contribution in [3.8, 4) is 0 Å². The molecule has 3 rings (SSSR count). The van der Waals surface area contributed by atoms with Crippen LogP contribution in [0.4, 0.5) is 5.82 Å². The molecular formula is C27H40N8O. The number of ether oxygens (including phenoxy) is 1. The smallest absolute Gasteiger partial charge is 0.132 e. The number of nitrogens with zero attached hydrogens (tertiary/aromatic N) is 3. The molecule has 0 amide bonds. The zero-order valence-electron chi connectivity index (χ0n) is 22.1. The van der Waals surface area contributed by atoms with Crippen molar-refractivity contribution in [3.63, 3.8) is 0 Å². The van der Waals surface area contributed by atoms with Crippen LogP contribution in [-0.2, 0) is 4.74 Å². The molecule has 1 aliphatic rings. The first-order chi connectivity index (χ1) is 17.1. The third-order valence-corrected chi connectivity index (χ3v) is 6.36. The highest BCUT2D eigenvalue weighted by molar-refractivity contribution is 6.21. The first-order valence-corrected chi connectivity index (χ1v) is 12.3. The van der Waals surface area contributed by atoms with Gasteiger partial charge in [-0.1, -0.05) is 13.8 Å². The summed E-state index contributed by atoms with van der Waals surface area (Å²) in [5.41, 5.74) is 16.4. The van der Waals surface area contributed by atoms with Crippen LogP contribution < -0.4 is 22.1 Å². The van der Waals surface area contributed by atoms with Crippen LogP contribution in [0.15, 0.2) is 54.3 Å². The molecule has 0 aliphatic carbocycles. The first-order valence-electron chi connectivity index (χ1n) is 12.3. The summed E-state index contributed by atoms with van der Waals surface area (Å²) in [5.74, 6) is 1.33. The summed E-state index contributed by atoms with van der Waals surface area (Å²) in [6.45, 7) is 11.8. The monoisotopic (exact) mass is 492 g/mol. The molecule has 194 valence electrons. The Kier molecular flexibility index (Phi) is 9.06. The molecule has 0 atom stereocenters. The van der Waals surface area contributed by atoms with Crippen molar-refractivity contribution in [2.45, 2.75) is 39.7 Å². The summed E-state index contributed by atoms with van der Waals surface area (Å²) in [5, 5.41) is 14.8. The van der Waals surface area contributed by atoms with Crippen molar-refractivity contribution in [1.29, 1.82) is 5.41 Å². The number of allylic oxidation sites excluding steroid dienone is 3. The minimum absolute atomic E-state index is 0.00480. The minimum Gasteiger partial charge on any atom is -0.404 e. The predicted molar refractivity (Wildman–Crippen MR) is 148 cm³/mol. The highest BCUT2D eigenvalue weighted by atomic mass is 16.5. The van der Waals surface area contributed by atoms with Crippen molar-refractivity contribution in [1.82, 2.24) is 20.2 Å². The fourth-order valence-corrected chi connectivity index (χ4v) is 4.17. The van der Waals surface area contributed by atoms with Gasteiger partial charge in [0.05, 0.1) is 16.6 Å². The molecule has 0 spiro atoms. The maximum absolute atomic E-state index is 8.27. The van der Waals surface area contributed by atoms with Crippen molar-refractivity contribution in [2.75, 3.05) is 38.6 Å². The molecule has 2 aromatic rings. The number of hydrogen-bond donors (Lipinski definition) is 5. The normalized spacial score (nSPS) is 16.8. The molecule has 0 radical (unpaired) electrons. The Bertz CT molecular complexity index is 1160. The van der Waals surface area contributed by atoms with E-state index in [4.69, 9.17) is 21.6 Å². The molecule has 2 aromatic heterocycles. The average Bonchev–Trinajstić information content (AvgIpc) is 2.82. The zero-order valence-corrected chi connectivity index (χ0v) is 22.1. The number of rotatable bonds is 12. The van der Waals surface area contributed by atoms with Gasteiger partial charge in [0.1, 0.15) is 11.6 Å². The minimum atomic E-state index is 0.00480. The molecule has 0 bridgehead atoms. The summed E-state index contributed by atoms with van der Waals surface area (Å²) in [4.78, 5) is 11.6. The Balaban J connectivity index is 1.66. The van der Waals surface area contributed by atoms with E-state index in [1.807, 2.05) is 30.5 Å². The van der Waals surface area contributed by atoms with Crippen molar-refractivity contribution in [3.05, 3.63) is 59.8 Å². The highest BCUT2D eigenvalue weighted by Gasteiger charge is 2.37. The summed E-state index contributed by atoms with van der Waals surface area (Å²) < 4.78 is 5.50. The second-order valence-electron chi connectivity index (χ2n) is 9.86. The van der Waals surface area contributed by atoms with Crippen LogP contribution >= 0.6 is 0 Å². The van der Waals surface area contributed by atoms with Crippen molar-refractivity contribution in [2.24, 2.45) is 17.4 Å². The summed E-state index contributed by atoms with van der Waals surface area (Å²) >= 11 is 0. The number of anilines is 1. The predicted octanol–water partition coefficient (Wildman–Crippen LogP) is 3.42. The van der Waals surface area contributed by atoms with Gasteiger partial charge in [0, 0.05) is 62.5 Å². The van der Waals surface area contributed by atoms with Gasteiger partial charge in [-0.15, -0.1) is 0 Å². The molecule has 0 aromatic carbocycles. The SMILES string of the molecule is COC1(C)CN(CCCN/C=C(\C(C)=N)c2cnc3ccc(N/C(N)=C/C(=C\N)C(C)C)nc3c2)C1. The first kappa shape index (κ1) is 27.2. The third kappa shape index (κ3) is 7.05. The number of fused-ring (bicyclic) bond motifs is 1. The Morgan fingerprint density at radius 1 is 1.31 bits per heavy atom. The molecule has 0 saturated carbocycles. The molecule has 7 N–H and O–H groups in total. The lowest BCUT2D eigenvalue weighted by atomic mass is 9.96. The number of aromatic nitrogens is 2. The fourth-order valence-electron chi connectivity index (χ4n) is 4.17. The van der Waals surface area contributed by atoms with Gasteiger partial charge in [-0.2, -0.15) is 0 Å². The van der Waals surface area contributed by atoms with Gasteiger partial charge in [-0.05, 0) is 62.2 Å². The van der Waals surface area contributed by atoms with E-state index >= 15 is 0 Å². The molecule has 9 heteroatoms. The number of nitrogens with two attached hydrogens (primary N) is 2. The van der Waals surface area contributed by atoms with Crippen molar-refractivity contribution >= 4 is 28.1 Å². The van der Waals surface area contributed by atoms with E-state index in [-0.39, 0.29) is 11.5 Å². The van der Waals surface area contributed by atoms with Gasteiger partial charge >= 0.3 is 0 Å². The van der Waals surface area contributed by atoms with Crippen LogP contribution in [0.3, 0.4) is 0 Å². The number of likely N-dealkylation sites (tertiary alicyclic amines) is 1. The van der Waals surface area contributed by atoms with Crippen LogP contribution in [0.25, 0.3) is 16.6 Å². The molecular weight excluding hydrogens is 452 g/mol. The van der Waals surface area contributed by atoms with Crippen molar-refractivity contribution < 1.29 is 4.74 Å². The Morgan fingerprint density at radius 3 is 2.69 bits per heavy atom. The quantitative estimate of drug-likeness (QED) is 0.173. The van der Waals surface area contributed by atoms with Crippen LogP contribution in [0, 0.1) is 11.3 Å². The van der Waals surface area contributed by atoms with Gasteiger partial charge in [0.2, 0.25) is 0 Å². The number of hydrogen-bond acceptors (Lipinski definition) is 9. The van der Waals surface area contributed by atoms with Crippen LogP contribution in [0.5, 0.6) is 0 Å². The van der Waals surface area contributed by atoms with E-state index in [0.717, 1.165) is 60.3 Å². The van der Waals surface area contributed by atoms with Gasteiger partial charge in [-0.3, -0.25) is 9.88 Å². The number of nitrogens with one attached hydrogen (secondary N) is 3. The van der Waals surface area contributed by atoms with E-state index in [1.165, 1.54) is 0 Å². The van der Waals surface area contributed by atoms with Crippen LogP contribution in [0.2, 0.25) is 0 Å². The molecule has 1 aliphatic heterocycles. The van der Waals surface area contributed by atoms with E-state index in [1.54, 1.807) is 26.4 Å². The fraction of sp³-hybridized carbons (Fsp3) is 0.444. The van der Waals surface area contributed by atoms with Gasteiger partial charge in [-0.25, -0.2) is 4.98 Å². The highest BCUT2D eigenvalue weighted by Crippen LogP contribution is 2.24. The third-order valence-electron chi connectivity index (χ3n) is 6.36. The largest absolute Gasteiger partial charge is 0.404 e.